The second kappa shape index (κ2) is 22.5. The molecule has 0 saturated heterocycles. The van der Waals surface area contributed by atoms with Crippen LogP contribution < -0.4 is 9.97 Å². The molecule has 8 bridgehead atoms. The van der Waals surface area contributed by atoms with Crippen molar-refractivity contribution >= 4 is 134 Å². The molecule has 0 N–H and O–H groups in total. The van der Waals surface area contributed by atoms with E-state index in [2.05, 4.69) is 268 Å². The Bertz CT molecular complexity index is 4910. The summed E-state index contributed by atoms with van der Waals surface area (Å²) in [5.41, 5.74) is 18.9. The van der Waals surface area contributed by atoms with Gasteiger partial charge in [-0.2, -0.15) is 0 Å². The molecular weight excluding hydrogens is 1250 g/mol. The van der Waals surface area contributed by atoms with E-state index in [-0.39, 0.29) is 20.4 Å². The van der Waals surface area contributed by atoms with Crippen molar-refractivity contribution in [2.45, 2.75) is 19.6 Å². The number of nitrogens with zero attached hydrogens (tertiary/aromatic N) is 4. The smallest absolute Gasteiger partial charge is 0.656 e. The van der Waals surface area contributed by atoms with Gasteiger partial charge in [-0.3, -0.25) is 0 Å². The van der Waals surface area contributed by atoms with Crippen molar-refractivity contribution in [3.63, 3.8) is 0 Å². The van der Waals surface area contributed by atoms with Crippen LogP contribution in [0.1, 0.15) is 0 Å². The average Bonchev–Trinajstić information content (AvgIpc) is 1.63. The van der Waals surface area contributed by atoms with Crippen LogP contribution in [0, 0.1) is 0 Å². The molecule has 89 heavy (non-hydrogen) atoms. The van der Waals surface area contributed by atoms with E-state index < -0.39 is 0 Å². The first-order valence-electron chi connectivity index (χ1n) is 29.5. The molecule has 4 heterocycles. The van der Waals surface area contributed by atoms with E-state index in [4.69, 9.17) is 19.9 Å². The van der Waals surface area contributed by atoms with Gasteiger partial charge in [0.05, 0.1) is 22.8 Å². The molecule has 9 heteroatoms. The van der Waals surface area contributed by atoms with E-state index in [0.29, 0.717) is 0 Å². The third kappa shape index (κ3) is 9.19. The van der Waals surface area contributed by atoms with Crippen LogP contribution in [0.2, 0.25) is 0 Å². The third-order valence-corrected chi connectivity index (χ3v) is 20.9. The number of rotatable bonds is 8. The Hall–Kier alpha value is -8.62. The van der Waals surface area contributed by atoms with Gasteiger partial charge >= 0.3 is 20.4 Å². The summed E-state index contributed by atoms with van der Waals surface area (Å²) in [6.45, 7) is 0. The first-order chi connectivity index (χ1) is 43.4. The summed E-state index contributed by atoms with van der Waals surface area (Å²) in [5.74, 6) is 0. The van der Waals surface area contributed by atoms with E-state index in [0.717, 1.165) is 176 Å². The van der Waals surface area contributed by atoms with Crippen LogP contribution in [0.15, 0.2) is 262 Å². The van der Waals surface area contributed by atoms with Gasteiger partial charge in [0, 0.05) is 41.8 Å². The summed E-state index contributed by atoms with van der Waals surface area (Å²) in [6, 6.07) is 90.0. The van der Waals surface area contributed by atoms with E-state index in [1.165, 1.54) is 19.6 Å². The summed E-state index contributed by atoms with van der Waals surface area (Å²) in [5, 5.41) is 13.2. The predicted molar refractivity (Wildman–Crippen MR) is 382 cm³/mol. The van der Waals surface area contributed by atoms with Crippen LogP contribution in [0.25, 0.3) is 176 Å². The summed E-state index contributed by atoms with van der Waals surface area (Å²) >= 11 is 6.98. The minimum atomic E-state index is 0. The molecule has 2 aliphatic heterocycles. The topological polar surface area (TPSA) is 54.0 Å². The third-order valence-electron chi connectivity index (χ3n) is 17.9. The molecule has 2 aromatic heterocycles. The van der Waals surface area contributed by atoms with Gasteiger partial charge in [0.1, 0.15) is 0 Å². The SMILES string of the molecule is CSc1ccc(-c2c3nc(c(-c4ccc(SC)cc4)c4[n-]c(c(-c5ccc(SC)cc5)c5nc(c(-c6ccc(SC)cc6)c6[n-]c2c2cc7ccccc7cc62)-c2cc6ccccc6cc2-5)c2cc5ccccc5cc42)-c2cc4ccccc4cc2-3)cc1.[Pd+2]. The molecule has 4 nitrogen and oxygen atoms in total. The van der Waals surface area contributed by atoms with Crippen LogP contribution in [0.5, 0.6) is 0 Å². The Morgan fingerprint density at radius 1 is 0.247 bits per heavy atom. The number of thioether (sulfide) groups is 4. The van der Waals surface area contributed by atoms with Crippen molar-refractivity contribution in [2.24, 2.45) is 0 Å². The number of benzene rings is 12. The zero-order chi connectivity index (χ0) is 58.7. The number of hydrogen-bond donors (Lipinski definition) is 0. The van der Waals surface area contributed by atoms with Gasteiger partial charge in [-0.15, -0.1) is 69.1 Å². The molecule has 0 atom stereocenters. The number of hydrogen-bond acceptors (Lipinski definition) is 6. The molecule has 3 aliphatic rings. The monoisotopic (exact) mass is 1300 g/mol. The summed E-state index contributed by atoms with van der Waals surface area (Å²) in [6.07, 6.45) is 8.56. The minimum absolute atomic E-state index is 0. The van der Waals surface area contributed by atoms with Gasteiger partial charge in [0.15, 0.2) is 0 Å². The van der Waals surface area contributed by atoms with Crippen molar-refractivity contribution in [1.82, 2.24) is 19.9 Å². The van der Waals surface area contributed by atoms with Crippen LogP contribution in [-0.2, 0) is 20.4 Å². The maximum Gasteiger partial charge on any atom is 2.00 e. The quantitative estimate of drug-likeness (QED) is 0.110. The fourth-order valence-corrected chi connectivity index (χ4v) is 15.2. The molecule has 17 rings (SSSR count). The second-order valence-corrected chi connectivity index (χ2v) is 26.1. The maximum atomic E-state index is 6.23. The maximum absolute atomic E-state index is 6.23. The first kappa shape index (κ1) is 55.7. The van der Waals surface area contributed by atoms with Gasteiger partial charge in [-0.25, -0.2) is 9.97 Å². The number of aromatic nitrogens is 4. The molecule has 426 valence electrons. The van der Waals surface area contributed by atoms with Crippen molar-refractivity contribution in [1.29, 1.82) is 0 Å². The summed E-state index contributed by atoms with van der Waals surface area (Å²) in [4.78, 5) is 29.6. The minimum Gasteiger partial charge on any atom is -0.656 e. The Morgan fingerprint density at radius 2 is 0.438 bits per heavy atom. The Labute approximate surface area is 546 Å². The van der Waals surface area contributed by atoms with E-state index in [9.17, 15) is 0 Å². The van der Waals surface area contributed by atoms with Crippen molar-refractivity contribution in [2.75, 3.05) is 25.0 Å². The summed E-state index contributed by atoms with van der Waals surface area (Å²) in [7, 11) is 0. The molecule has 12 aromatic carbocycles. The van der Waals surface area contributed by atoms with Crippen LogP contribution in [-0.4, -0.2) is 35.0 Å². The predicted octanol–water partition coefficient (Wildman–Crippen LogP) is 22.7. The van der Waals surface area contributed by atoms with Crippen LogP contribution in [0.3, 0.4) is 0 Å². The zero-order valence-corrected chi connectivity index (χ0v) is 53.7. The van der Waals surface area contributed by atoms with Gasteiger partial charge < -0.3 is 9.97 Å². The second-order valence-electron chi connectivity index (χ2n) is 22.6. The summed E-state index contributed by atoms with van der Waals surface area (Å²) < 4.78 is 0. The first-order valence-corrected chi connectivity index (χ1v) is 34.4. The van der Waals surface area contributed by atoms with Crippen molar-refractivity contribution in [3.05, 3.63) is 243 Å². The van der Waals surface area contributed by atoms with E-state index in [1.807, 2.05) is 0 Å². The molecule has 14 aromatic rings. The Kier molecular flexibility index (Phi) is 14.0. The van der Waals surface area contributed by atoms with Gasteiger partial charge in [-0.1, -0.05) is 146 Å². The Balaban J connectivity index is 0.00000636. The standard InChI is InChI=1S/C80H52N4S4.Pd/c1-85-57-29-21-45(22-30-57)69-73-61-37-49-13-5-7-15-51(49)39-63(61)75(81-73)70(46-23-31-58(86-2)32-24-46)77-65-41-53-17-9-11-19-55(53)43-67(65)79(83-77)72(48-27-35-60(88-4)36-28-48)80-68-44-56-20-12-10-18-54(56)42-66(68)78(84-80)71(47-25-33-59(87-3)34-26-47)76-64-40-52-16-8-6-14-50(52)38-62(64)74(69)82-76;/h5-44H,1-4H3;/q-2;+2. The molecule has 0 saturated carbocycles. The molecule has 0 fully saturated rings. The normalized spacial score (nSPS) is 11.9. The van der Waals surface area contributed by atoms with Crippen LogP contribution >= 0.6 is 47.0 Å². The fourth-order valence-electron chi connectivity index (χ4n) is 13.6. The van der Waals surface area contributed by atoms with E-state index in [1.54, 1.807) is 47.0 Å². The Morgan fingerprint density at radius 3 is 0.629 bits per heavy atom. The zero-order valence-electron chi connectivity index (χ0n) is 48.8. The largest absolute Gasteiger partial charge is 2.00 e. The molecule has 0 spiro atoms. The molecule has 0 unspecified atom stereocenters. The van der Waals surface area contributed by atoms with Gasteiger partial charge in [-0.05, 0) is 231 Å². The van der Waals surface area contributed by atoms with Gasteiger partial charge in [0.25, 0.3) is 0 Å². The van der Waals surface area contributed by atoms with E-state index >= 15 is 0 Å². The van der Waals surface area contributed by atoms with Crippen molar-refractivity contribution in [3.8, 4) is 89.5 Å². The molecular formula is C80H52N4PdS4. The van der Waals surface area contributed by atoms with Crippen molar-refractivity contribution < 1.29 is 20.4 Å². The average molecular weight is 1300 g/mol. The molecule has 0 radical (unpaired) electrons. The fraction of sp³-hybridized carbons (Fsp3) is 0.0500. The molecule has 0 amide bonds. The molecule has 1 aliphatic carbocycles. The number of fused-ring (bicyclic) bond motifs is 4. The van der Waals surface area contributed by atoms with Crippen LogP contribution in [0.4, 0.5) is 0 Å². The van der Waals surface area contributed by atoms with Gasteiger partial charge in [0.2, 0.25) is 0 Å².